The molecule has 0 fully saturated rings. The predicted molar refractivity (Wildman–Crippen MR) is 11.8 cm³/mol. The second kappa shape index (κ2) is 2.40. The fourth-order valence-electron chi connectivity index (χ4n) is 0. The summed E-state index contributed by atoms with van der Waals surface area (Å²) < 4.78 is 4.12. The SMILES string of the molecule is CC(=O)[O][Mo]. The van der Waals surface area contributed by atoms with Crippen LogP contribution >= 0.6 is 0 Å². The molecule has 0 aromatic heterocycles. The van der Waals surface area contributed by atoms with Gasteiger partial charge in [0.2, 0.25) is 0 Å². The Morgan fingerprint density at radius 3 is 2.20 bits per heavy atom. The van der Waals surface area contributed by atoms with Crippen molar-refractivity contribution in [1.82, 2.24) is 0 Å². The van der Waals surface area contributed by atoms with Gasteiger partial charge in [0, 0.05) is 0 Å². The summed E-state index contributed by atoms with van der Waals surface area (Å²) in [6.45, 7) is 1.36. The zero-order valence-corrected chi connectivity index (χ0v) is 4.73. The maximum absolute atomic E-state index is 9.59. The number of carbonyl (C=O) groups is 1. The molecule has 0 spiro atoms. The topological polar surface area (TPSA) is 26.3 Å². The molecule has 3 heteroatoms. The molecule has 0 aromatic carbocycles. The number of rotatable bonds is 0. The standard InChI is InChI=1S/C2H4O2.Mo/c1-2(3)4;/h1H3,(H,3,4);/q;+1/p-1. The summed E-state index contributed by atoms with van der Waals surface area (Å²) in [4.78, 5) is 9.59. The second-order valence-corrected chi connectivity index (χ2v) is 0.985. The molecule has 0 aliphatic rings. The normalized spacial score (nSPS) is 6.60. The van der Waals surface area contributed by atoms with Gasteiger partial charge < -0.3 is 0 Å². The number of hydrogen-bond acceptors (Lipinski definition) is 2. The van der Waals surface area contributed by atoms with Crippen LogP contribution in [0.3, 0.4) is 0 Å². The molecule has 29 valence electrons. The summed E-state index contributed by atoms with van der Waals surface area (Å²) in [7, 11) is 0. The van der Waals surface area contributed by atoms with Crippen LogP contribution in [0.2, 0.25) is 0 Å². The minimum atomic E-state index is -0.241. The molecule has 0 atom stereocenters. The van der Waals surface area contributed by atoms with Gasteiger partial charge >= 0.3 is 41.3 Å². The summed E-state index contributed by atoms with van der Waals surface area (Å²) in [6, 6.07) is 0. The van der Waals surface area contributed by atoms with Crippen molar-refractivity contribution in [2.75, 3.05) is 0 Å². The van der Waals surface area contributed by atoms with Gasteiger partial charge in [-0.25, -0.2) is 0 Å². The quantitative estimate of drug-likeness (QED) is 0.460. The molecule has 0 amide bonds. The van der Waals surface area contributed by atoms with Gasteiger partial charge in [0.05, 0.1) is 0 Å². The monoisotopic (exact) mass is 157 g/mol. The Bertz CT molecular complexity index is 42.9. The van der Waals surface area contributed by atoms with Gasteiger partial charge in [0.25, 0.3) is 0 Å². The summed E-state index contributed by atoms with van der Waals surface area (Å²) >= 11 is 1.29. The van der Waals surface area contributed by atoms with Crippen LogP contribution in [-0.2, 0) is 28.4 Å². The third kappa shape index (κ3) is 4.16. The van der Waals surface area contributed by atoms with Gasteiger partial charge in [-0.15, -0.1) is 0 Å². The van der Waals surface area contributed by atoms with Crippen LogP contribution in [0, 0.1) is 0 Å². The number of hydrogen-bond donors (Lipinski definition) is 0. The van der Waals surface area contributed by atoms with E-state index in [1.165, 1.54) is 27.1 Å². The molecule has 0 N–H and O–H groups in total. The van der Waals surface area contributed by atoms with Crippen LogP contribution in [0.25, 0.3) is 0 Å². The van der Waals surface area contributed by atoms with Gasteiger partial charge in [-0.05, 0) is 0 Å². The zero-order chi connectivity index (χ0) is 4.28. The minimum absolute atomic E-state index is 0.241. The van der Waals surface area contributed by atoms with Gasteiger partial charge in [-0.3, -0.25) is 0 Å². The molecule has 0 aliphatic carbocycles. The molecule has 0 aromatic rings. The first kappa shape index (κ1) is 5.16. The molecular weight excluding hydrogens is 152 g/mol. The van der Waals surface area contributed by atoms with E-state index in [-0.39, 0.29) is 5.97 Å². The van der Waals surface area contributed by atoms with E-state index in [1.807, 2.05) is 0 Å². The van der Waals surface area contributed by atoms with Crippen LogP contribution in [0.4, 0.5) is 0 Å². The van der Waals surface area contributed by atoms with Crippen LogP contribution in [0.5, 0.6) is 0 Å². The molecular formula is C2H3MoO2. The van der Waals surface area contributed by atoms with E-state index >= 15 is 0 Å². The Morgan fingerprint density at radius 1 is 2.00 bits per heavy atom. The van der Waals surface area contributed by atoms with Gasteiger partial charge in [-0.2, -0.15) is 0 Å². The molecule has 0 radical (unpaired) electrons. The van der Waals surface area contributed by atoms with E-state index < -0.39 is 0 Å². The molecule has 5 heavy (non-hydrogen) atoms. The first-order valence-electron chi connectivity index (χ1n) is 1.07. The average molecular weight is 155 g/mol. The first-order valence-corrected chi connectivity index (χ1v) is 1.89. The third-order valence-corrected chi connectivity index (χ3v) is 0.694. The summed E-state index contributed by atoms with van der Waals surface area (Å²) in [5, 5.41) is 0. The van der Waals surface area contributed by atoms with Crippen LogP contribution in [0.1, 0.15) is 6.92 Å². The van der Waals surface area contributed by atoms with Crippen molar-refractivity contribution in [3.05, 3.63) is 0 Å². The Morgan fingerprint density at radius 2 is 2.20 bits per heavy atom. The summed E-state index contributed by atoms with van der Waals surface area (Å²) in [5.41, 5.74) is 0. The van der Waals surface area contributed by atoms with E-state index in [1.54, 1.807) is 0 Å². The summed E-state index contributed by atoms with van der Waals surface area (Å²) in [5.74, 6) is -0.241. The molecule has 0 heterocycles. The van der Waals surface area contributed by atoms with E-state index in [9.17, 15) is 4.79 Å². The third-order valence-electron chi connectivity index (χ3n) is 0.117. The predicted octanol–water partition coefficient (Wildman–Crippen LogP) is 0.0113. The van der Waals surface area contributed by atoms with E-state index in [2.05, 4.69) is 3.39 Å². The van der Waals surface area contributed by atoms with Crippen molar-refractivity contribution < 1.29 is 28.4 Å². The van der Waals surface area contributed by atoms with Gasteiger partial charge in [-0.1, -0.05) is 0 Å². The Hall–Kier alpha value is 0.158. The van der Waals surface area contributed by atoms with Crippen molar-refractivity contribution in [3.8, 4) is 0 Å². The van der Waals surface area contributed by atoms with Crippen molar-refractivity contribution in [1.29, 1.82) is 0 Å². The first-order chi connectivity index (χ1) is 2.27. The Balaban J connectivity index is 2.85. The average Bonchev–Trinajstić information content (AvgIpc) is 1.38. The van der Waals surface area contributed by atoms with Gasteiger partial charge in [0.1, 0.15) is 0 Å². The van der Waals surface area contributed by atoms with Crippen molar-refractivity contribution >= 4 is 5.97 Å². The number of carbonyl (C=O) groups excluding carboxylic acids is 1. The van der Waals surface area contributed by atoms with E-state index in [0.717, 1.165) is 0 Å². The fraction of sp³-hybridized carbons (Fsp3) is 0.500. The van der Waals surface area contributed by atoms with Crippen LogP contribution in [-0.4, -0.2) is 5.97 Å². The van der Waals surface area contributed by atoms with Gasteiger partial charge in [0.15, 0.2) is 0 Å². The molecule has 0 aliphatic heterocycles. The molecule has 2 nitrogen and oxygen atoms in total. The fourth-order valence-corrected chi connectivity index (χ4v) is 0. The molecule has 0 bridgehead atoms. The van der Waals surface area contributed by atoms with Crippen LogP contribution < -0.4 is 0 Å². The van der Waals surface area contributed by atoms with E-state index in [0.29, 0.717) is 0 Å². The maximum atomic E-state index is 9.59. The second-order valence-electron chi connectivity index (χ2n) is 0.575. The van der Waals surface area contributed by atoms with Crippen LogP contribution in [0.15, 0.2) is 0 Å². The summed E-state index contributed by atoms with van der Waals surface area (Å²) in [6.07, 6.45) is 0. The van der Waals surface area contributed by atoms with Crippen molar-refractivity contribution in [2.24, 2.45) is 0 Å². The van der Waals surface area contributed by atoms with E-state index in [4.69, 9.17) is 0 Å². The molecule has 0 rings (SSSR count). The molecule has 0 unspecified atom stereocenters. The molecule has 0 saturated heterocycles. The molecule has 0 saturated carbocycles. The Labute approximate surface area is 41.9 Å². The van der Waals surface area contributed by atoms with Crippen molar-refractivity contribution in [3.63, 3.8) is 0 Å². The Kier molecular flexibility index (Phi) is 2.47. The van der Waals surface area contributed by atoms with Crippen molar-refractivity contribution in [2.45, 2.75) is 6.92 Å². The zero-order valence-electron chi connectivity index (χ0n) is 2.72.